The minimum Gasteiger partial charge on any atom is -0.493 e. The number of hydrogen-bond donors (Lipinski definition) is 1. The van der Waals surface area contributed by atoms with E-state index in [-0.39, 0.29) is 10.5 Å². The van der Waals surface area contributed by atoms with Crippen LogP contribution in [0.15, 0.2) is 44.4 Å². The quantitative estimate of drug-likeness (QED) is 0.731. The summed E-state index contributed by atoms with van der Waals surface area (Å²) in [6, 6.07) is 7.63. The van der Waals surface area contributed by atoms with Crippen LogP contribution in [-0.2, 0) is 17.1 Å². The predicted octanol–water partition coefficient (Wildman–Crippen LogP) is 2.26. The largest absolute Gasteiger partial charge is 0.493 e. The Morgan fingerprint density at radius 1 is 1.08 bits per heavy atom. The van der Waals surface area contributed by atoms with Crippen LogP contribution < -0.4 is 20.0 Å². The highest BCUT2D eigenvalue weighted by Gasteiger charge is 2.21. The number of nitrogens with zero attached hydrogens (tertiary/aromatic N) is 1. The first-order valence-corrected chi connectivity index (χ1v) is 9.10. The lowest BCUT2D eigenvalue weighted by Crippen LogP contribution is -2.14. The summed E-state index contributed by atoms with van der Waals surface area (Å²) in [5, 5.41) is 0. The van der Waals surface area contributed by atoms with Crippen LogP contribution in [0.3, 0.4) is 0 Å². The molecule has 0 saturated heterocycles. The smallest absolute Gasteiger partial charge is 0.419 e. The van der Waals surface area contributed by atoms with Gasteiger partial charge >= 0.3 is 5.76 Å². The number of ether oxygens (including phenoxy) is 2. The average Bonchev–Trinajstić information content (AvgIpc) is 2.87. The zero-order chi connectivity index (χ0) is 19.1. The number of aryl methyl sites for hydroxylation is 2. The van der Waals surface area contributed by atoms with Crippen molar-refractivity contribution in [2.75, 3.05) is 18.9 Å². The molecule has 3 rings (SSSR count). The SMILES string of the molecule is COc1ccc(NS(=O)(=O)c2cc3oc(=O)n(C)c3cc2C)cc1OC. The Kier molecular flexibility index (Phi) is 4.41. The predicted molar refractivity (Wildman–Crippen MR) is 96.5 cm³/mol. The van der Waals surface area contributed by atoms with Crippen molar-refractivity contribution in [3.8, 4) is 11.5 Å². The van der Waals surface area contributed by atoms with E-state index in [4.69, 9.17) is 13.9 Å². The van der Waals surface area contributed by atoms with Crippen molar-refractivity contribution in [3.05, 3.63) is 46.4 Å². The molecule has 138 valence electrons. The molecule has 8 nitrogen and oxygen atoms in total. The highest BCUT2D eigenvalue weighted by molar-refractivity contribution is 7.92. The highest BCUT2D eigenvalue weighted by Crippen LogP contribution is 2.31. The van der Waals surface area contributed by atoms with Crippen molar-refractivity contribution >= 4 is 26.8 Å². The summed E-state index contributed by atoms with van der Waals surface area (Å²) in [4.78, 5) is 11.7. The van der Waals surface area contributed by atoms with Crippen molar-refractivity contribution in [1.29, 1.82) is 0 Å². The molecule has 0 saturated carbocycles. The number of benzene rings is 2. The van der Waals surface area contributed by atoms with Crippen molar-refractivity contribution in [3.63, 3.8) is 0 Å². The van der Waals surface area contributed by atoms with Gasteiger partial charge in [0.25, 0.3) is 10.0 Å². The maximum atomic E-state index is 12.8. The molecule has 0 spiro atoms. The molecule has 3 aromatic rings. The summed E-state index contributed by atoms with van der Waals surface area (Å²) < 4.78 is 44.8. The van der Waals surface area contributed by atoms with Crippen molar-refractivity contribution in [1.82, 2.24) is 4.57 Å². The molecule has 2 aromatic carbocycles. The number of nitrogens with one attached hydrogen (secondary N) is 1. The monoisotopic (exact) mass is 378 g/mol. The fourth-order valence-electron chi connectivity index (χ4n) is 2.66. The molecule has 1 aromatic heterocycles. The van der Waals surface area contributed by atoms with E-state index in [0.717, 1.165) is 0 Å². The summed E-state index contributed by atoms with van der Waals surface area (Å²) in [7, 11) is 0.616. The number of sulfonamides is 1. The molecule has 26 heavy (non-hydrogen) atoms. The number of hydrogen-bond acceptors (Lipinski definition) is 6. The molecule has 0 fully saturated rings. The van der Waals surface area contributed by atoms with Crippen molar-refractivity contribution < 1.29 is 22.3 Å². The van der Waals surface area contributed by atoms with Gasteiger partial charge in [0.2, 0.25) is 0 Å². The molecular formula is C17H18N2O6S. The van der Waals surface area contributed by atoms with E-state index in [1.165, 1.54) is 30.9 Å². The van der Waals surface area contributed by atoms with Gasteiger partial charge in [-0.15, -0.1) is 0 Å². The fourth-order valence-corrected chi connectivity index (χ4v) is 3.95. The maximum Gasteiger partial charge on any atom is 0.419 e. The van der Waals surface area contributed by atoms with Gasteiger partial charge in [-0.05, 0) is 30.7 Å². The summed E-state index contributed by atoms with van der Waals surface area (Å²) in [6.07, 6.45) is 0. The number of aromatic nitrogens is 1. The minimum absolute atomic E-state index is 0.0223. The summed E-state index contributed by atoms with van der Waals surface area (Å²) in [6.45, 7) is 1.65. The van der Waals surface area contributed by atoms with Crippen molar-refractivity contribution in [2.24, 2.45) is 7.05 Å². The third-order valence-electron chi connectivity index (χ3n) is 4.01. The van der Waals surface area contributed by atoms with Gasteiger partial charge in [0.1, 0.15) is 0 Å². The second-order valence-corrected chi connectivity index (χ2v) is 7.34. The highest BCUT2D eigenvalue weighted by atomic mass is 32.2. The number of anilines is 1. The molecular weight excluding hydrogens is 360 g/mol. The van der Waals surface area contributed by atoms with Gasteiger partial charge in [-0.2, -0.15) is 0 Å². The molecule has 0 bridgehead atoms. The zero-order valence-corrected chi connectivity index (χ0v) is 15.5. The molecule has 0 unspecified atom stereocenters. The third kappa shape index (κ3) is 3.01. The van der Waals surface area contributed by atoms with E-state index in [0.29, 0.717) is 28.3 Å². The second kappa shape index (κ2) is 6.41. The first-order chi connectivity index (χ1) is 12.3. The third-order valence-corrected chi connectivity index (χ3v) is 5.54. The van der Waals surface area contributed by atoms with Gasteiger partial charge in [0.05, 0.1) is 30.3 Å². The van der Waals surface area contributed by atoms with Crippen molar-refractivity contribution in [2.45, 2.75) is 11.8 Å². The lowest BCUT2D eigenvalue weighted by Gasteiger charge is -2.13. The first-order valence-electron chi connectivity index (χ1n) is 7.62. The lowest BCUT2D eigenvalue weighted by molar-refractivity contribution is 0.355. The number of methoxy groups -OCH3 is 2. The molecule has 0 amide bonds. The molecule has 9 heteroatoms. The fraction of sp³-hybridized carbons (Fsp3) is 0.235. The van der Waals surface area contributed by atoms with Gasteiger partial charge < -0.3 is 13.9 Å². The molecule has 0 atom stereocenters. The molecule has 0 radical (unpaired) electrons. The Balaban J connectivity index is 2.04. The Bertz CT molecular complexity index is 1140. The van der Waals surface area contributed by atoms with Gasteiger partial charge in [0.15, 0.2) is 17.1 Å². The molecule has 1 N–H and O–H groups in total. The average molecular weight is 378 g/mol. The van der Waals surface area contributed by atoms with E-state index in [1.54, 1.807) is 32.2 Å². The molecule has 0 aliphatic heterocycles. The van der Waals surface area contributed by atoms with E-state index in [9.17, 15) is 13.2 Å². The summed E-state index contributed by atoms with van der Waals surface area (Å²) in [5.74, 6) is 0.329. The van der Waals surface area contributed by atoms with Crippen LogP contribution in [0, 0.1) is 6.92 Å². The number of rotatable bonds is 5. The minimum atomic E-state index is -3.90. The van der Waals surface area contributed by atoms with Gasteiger partial charge in [-0.1, -0.05) is 0 Å². The Morgan fingerprint density at radius 3 is 2.42 bits per heavy atom. The van der Waals surface area contributed by atoms with Crippen LogP contribution >= 0.6 is 0 Å². The van der Waals surface area contributed by atoms with Crippen LogP contribution in [0.25, 0.3) is 11.1 Å². The Labute approximate surface area is 150 Å². The van der Waals surface area contributed by atoms with E-state index < -0.39 is 15.8 Å². The van der Waals surface area contributed by atoms with Crippen LogP contribution in [0.5, 0.6) is 11.5 Å². The maximum absolute atomic E-state index is 12.8. The Hall–Kier alpha value is -2.94. The number of oxazole rings is 1. The standard InChI is InChI=1S/C17H18N2O6S/c1-10-7-12-14(25-17(20)19(12)2)9-16(10)26(21,22)18-11-5-6-13(23-3)15(8-11)24-4/h5-9,18H,1-4H3. The zero-order valence-electron chi connectivity index (χ0n) is 14.7. The Morgan fingerprint density at radius 2 is 1.77 bits per heavy atom. The summed E-state index contributed by atoms with van der Waals surface area (Å²) in [5.41, 5.74) is 1.53. The van der Waals surface area contributed by atoms with Gasteiger partial charge in [-0.25, -0.2) is 13.2 Å². The van der Waals surface area contributed by atoms with E-state index in [1.807, 2.05) is 0 Å². The molecule has 0 aliphatic carbocycles. The topological polar surface area (TPSA) is 99.8 Å². The van der Waals surface area contributed by atoms with E-state index in [2.05, 4.69) is 4.72 Å². The first kappa shape index (κ1) is 17.9. The van der Waals surface area contributed by atoms with E-state index >= 15 is 0 Å². The van der Waals surface area contributed by atoms with Gasteiger partial charge in [-0.3, -0.25) is 9.29 Å². The normalized spacial score (nSPS) is 11.5. The van der Waals surface area contributed by atoms with Crippen LogP contribution in [0.1, 0.15) is 5.56 Å². The lowest BCUT2D eigenvalue weighted by atomic mass is 10.2. The molecule has 1 heterocycles. The molecule has 0 aliphatic rings. The number of fused-ring (bicyclic) bond motifs is 1. The van der Waals surface area contributed by atoms with Crippen LogP contribution in [-0.4, -0.2) is 27.2 Å². The van der Waals surface area contributed by atoms with Crippen LogP contribution in [0.2, 0.25) is 0 Å². The van der Waals surface area contributed by atoms with Gasteiger partial charge in [0, 0.05) is 19.2 Å². The second-order valence-electron chi connectivity index (χ2n) is 5.69. The summed E-state index contributed by atoms with van der Waals surface area (Å²) >= 11 is 0. The van der Waals surface area contributed by atoms with Crippen LogP contribution in [0.4, 0.5) is 5.69 Å².